The minimum Gasteiger partial charge on any atom is -0.465 e. The molecule has 1 aliphatic rings. The Labute approximate surface area is 241 Å². The van der Waals surface area contributed by atoms with Gasteiger partial charge in [-0.1, -0.05) is 48.5 Å². The van der Waals surface area contributed by atoms with Crippen LogP contribution in [0.4, 0.5) is 10.5 Å². The number of amides is 3. The molecule has 1 heterocycles. The molecule has 0 aromatic heterocycles. The van der Waals surface area contributed by atoms with Crippen LogP contribution in [0.25, 0.3) is 0 Å². The van der Waals surface area contributed by atoms with Crippen molar-refractivity contribution in [3.8, 4) is 0 Å². The summed E-state index contributed by atoms with van der Waals surface area (Å²) in [6, 6.07) is 24.8. The quantitative estimate of drug-likeness (QED) is 0.150. The molecule has 12 heteroatoms. The maximum Gasteiger partial charge on any atom is 0.407 e. The van der Waals surface area contributed by atoms with Gasteiger partial charge in [-0.25, -0.2) is 4.79 Å². The molecule has 1 atom stereocenters. The second-order valence-corrected chi connectivity index (χ2v) is 12.9. The Kier molecular flexibility index (Phi) is 13.8. The number of rotatable bonds is 7. The molecule has 0 aliphatic carbocycles. The summed E-state index contributed by atoms with van der Waals surface area (Å²) in [7, 11) is 0. The molecule has 220 valence electrons. The van der Waals surface area contributed by atoms with Crippen molar-refractivity contribution in [3.05, 3.63) is 96.1 Å². The van der Waals surface area contributed by atoms with Crippen molar-refractivity contribution in [1.29, 1.82) is 0 Å². The Morgan fingerprint density at radius 3 is 1.93 bits per heavy atom. The third-order valence-electron chi connectivity index (χ3n) is 6.25. The number of carbonyl (C=O) groups is 3. The van der Waals surface area contributed by atoms with Gasteiger partial charge < -0.3 is 15.7 Å². The number of nitrogens with one attached hydrogen (secondary N) is 1. The molecule has 1 fully saturated rings. The van der Waals surface area contributed by atoms with E-state index in [4.69, 9.17) is 20.2 Å². The van der Waals surface area contributed by atoms with Gasteiger partial charge in [-0.15, -0.1) is 0 Å². The van der Waals surface area contributed by atoms with Crippen LogP contribution < -0.4 is 15.4 Å². The van der Waals surface area contributed by atoms with Crippen molar-refractivity contribution >= 4 is 42.1 Å². The number of primary amides is 1. The minimum absolute atomic E-state index is 0.00438. The molecule has 3 aromatic rings. The second-order valence-electron chi connectivity index (χ2n) is 9.30. The van der Waals surface area contributed by atoms with Crippen molar-refractivity contribution in [2.75, 3.05) is 18.4 Å². The van der Waals surface area contributed by atoms with E-state index in [9.17, 15) is 18.1 Å². The number of nitrogens with zero attached hydrogens (tertiary/aromatic N) is 1. The van der Waals surface area contributed by atoms with Crippen LogP contribution in [0, 0.1) is 5.92 Å². The zero-order chi connectivity index (χ0) is 30.3. The normalized spacial score (nSPS) is 14.3. The van der Waals surface area contributed by atoms with E-state index in [0.717, 1.165) is 19.3 Å². The zero-order valence-electron chi connectivity index (χ0n) is 22.8. The van der Waals surface area contributed by atoms with Crippen LogP contribution in [-0.4, -0.2) is 64.5 Å². The molecule has 0 saturated carbocycles. The summed E-state index contributed by atoms with van der Waals surface area (Å²) in [5, 5.41) is 19.6. The number of carbonyl (C=O) groups excluding carboxylic acids is 2. The van der Waals surface area contributed by atoms with Gasteiger partial charge in [-0.3, -0.25) is 4.79 Å². The van der Waals surface area contributed by atoms with Gasteiger partial charge in [0, 0.05) is 18.7 Å². The van der Waals surface area contributed by atoms with Crippen molar-refractivity contribution < 1.29 is 36.5 Å². The number of likely N-dealkylation sites (tertiary alicyclic amines) is 1. The number of hydrogen-bond acceptors (Lipinski definition) is 6. The van der Waals surface area contributed by atoms with E-state index >= 15 is 0 Å². The number of benzene rings is 3. The molecular weight excluding hydrogens is 593 g/mol. The van der Waals surface area contributed by atoms with E-state index in [1.165, 1.54) is 48.1 Å². The molecule has 3 aromatic carbocycles. The Hall–Kier alpha value is -3.89. The molecule has 3 amide bonds. The monoisotopic (exact) mass is 629 g/mol. The fourth-order valence-corrected chi connectivity index (χ4v) is 5.32. The topological polar surface area (TPSA) is 179 Å². The molecule has 6 N–H and O–H groups in total. The van der Waals surface area contributed by atoms with Crippen molar-refractivity contribution in [1.82, 2.24) is 4.90 Å². The first-order valence-electron chi connectivity index (χ1n) is 12.9. The second kappa shape index (κ2) is 17.0. The van der Waals surface area contributed by atoms with E-state index in [1.54, 1.807) is 24.3 Å². The largest absolute Gasteiger partial charge is 0.465 e. The van der Waals surface area contributed by atoms with Crippen LogP contribution >= 0.6 is 0 Å². The van der Waals surface area contributed by atoms with E-state index in [1.807, 2.05) is 12.1 Å². The maximum absolute atomic E-state index is 11.2. The van der Waals surface area contributed by atoms with Crippen LogP contribution in [0.1, 0.15) is 42.1 Å². The van der Waals surface area contributed by atoms with Gasteiger partial charge in [-0.05, 0) is 49.3 Å². The summed E-state index contributed by atoms with van der Waals surface area (Å²) in [5.41, 5.74) is 7.41. The molecule has 11 nitrogen and oxygen atoms in total. The van der Waals surface area contributed by atoms with Gasteiger partial charge in [-0.2, -0.15) is 0 Å². The SMILES string of the molecule is CC(=O)Nc1ccc([As](=O)(O)OO)cc1.NC(=O)c1ccccc1.O=C(O)N1CCC(CCc2ccccc2)CC1. The van der Waals surface area contributed by atoms with Crippen molar-refractivity contribution in [2.24, 2.45) is 11.7 Å². The van der Waals surface area contributed by atoms with Crippen LogP contribution in [0.3, 0.4) is 0 Å². The Balaban J connectivity index is 0.000000225. The van der Waals surface area contributed by atoms with Gasteiger partial charge in [0.05, 0.1) is 0 Å². The summed E-state index contributed by atoms with van der Waals surface area (Å²) < 4.78 is 23.8. The van der Waals surface area contributed by atoms with Crippen LogP contribution in [-0.2, 0) is 18.8 Å². The summed E-state index contributed by atoms with van der Waals surface area (Å²) >= 11 is -4.76. The van der Waals surface area contributed by atoms with E-state index in [-0.39, 0.29) is 16.2 Å². The molecule has 0 radical (unpaired) electrons. The van der Waals surface area contributed by atoms with Gasteiger partial charge in [0.1, 0.15) is 0 Å². The number of nitrogens with two attached hydrogens (primary N) is 1. The zero-order valence-corrected chi connectivity index (χ0v) is 24.6. The fourth-order valence-electron chi connectivity index (χ4n) is 4.01. The van der Waals surface area contributed by atoms with Crippen molar-refractivity contribution in [3.63, 3.8) is 0 Å². The third-order valence-corrected chi connectivity index (χ3v) is 8.71. The summed E-state index contributed by atoms with van der Waals surface area (Å²) in [4.78, 5) is 33.4. The molecule has 0 spiro atoms. The Morgan fingerprint density at radius 1 is 0.951 bits per heavy atom. The maximum atomic E-state index is 11.2. The summed E-state index contributed by atoms with van der Waals surface area (Å²) in [6.07, 6.45) is 3.54. The first-order valence-corrected chi connectivity index (χ1v) is 16.2. The first kappa shape index (κ1) is 33.3. The van der Waals surface area contributed by atoms with Crippen LogP contribution in [0.5, 0.6) is 0 Å². The fraction of sp³-hybridized carbons (Fsp3) is 0.276. The smallest absolute Gasteiger partial charge is 0.407 e. The average Bonchev–Trinajstić information content (AvgIpc) is 2.98. The number of anilines is 1. The standard InChI is InChI=1S/C14H19NO2.C8H10AsNO5.C7H7NO/c16-14(17)15-10-8-13(9-11-15)7-6-12-4-2-1-3-5-12;1-6(11)10-8-4-2-7(3-5-8)9(12,13)15-14;8-7(9)6-4-2-1-3-5-6/h1-5,13H,6-11H2,(H,16,17);2-5,14H,1H3,(H,10,11)(H,12,13);1-5H,(H2,8,9). The Bertz CT molecular complexity index is 1280. The number of aryl methyl sites for hydroxylation is 1. The molecule has 0 bridgehead atoms. The number of carboxylic acid groups (broad SMARTS) is 1. The number of piperidine rings is 1. The van der Waals surface area contributed by atoms with Gasteiger partial charge in [0.15, 0.2) is 0 Å². The van der Waals surface area contributed by atoms with Gasteiger partial charge in [0.25, 0.3) is 0 Å². The van der Waals surface area contributed by atoms with E-state index in [2.05, 4.69) is 33.5 Å². The molecule has 1 saturated heterocycles. The third kappa shape index (κ3) is 12.4. The molecule has 4 rings (SSSR count). The summed E-state index contributed by atoms with van der Waals surface area (Å²) in [6.45, 7) is 2.76. The van der Waals surface area contributed by atoms with E-state index < -0.39 is 20.3 Å². The predicted octanol–water partition coefficient (Wildman–Crippen LogP) is 3.50. The van der Waals surface area contributed by atoms with Gasteiger partial charge in [0.2, 0.25) is 5.91 Å². The predicted molar refractivity (Wildman–Crippen MR) is 155 cm³/mol. The molecule has 1 aliphatic heterocycles. The first-order chi connectivity index (χ1) is 19.5. The Morgan fingerprint density at radius 2 is 1.49 bits per heavy atom. The van der Waals surface area contributed by atoms with Crippen LogP contribution in [0.15, 0.2) is 84.9 Å². The van der Waals surface area contributed by atoms with Crippen LogP contribution in [0.2, 0.25) is 0 Å². The molecule has 1 unspecified atom stereocenters. The average molecular weight is 630 g/mol. The summed E-state index contributed by atoms with van der Waals surface area (Å²) in [5.74, 6) is 0.0695. The number of hydrogen-bond donors (Lipinski definition) is 5. The molecule has 41 heavy (non-hydrogen) atoms. The minimum atomic E-state index is -4.76. The van der Waals surface area contributed by atoms with Gasteiger partial charge >= 0.3 is 94.5 Å². The van der Waals surface area contributed by atoms with Crippen molar-refractivity contribution in [2.45, 2.75) is 32.6 Å². The molecular formula is C29H36AsN3O8. The van der Waals surface area contributed by atoms with E-state index in [0.29, 0.717) is 30.3 Å².